The Morgan fingerprint density at radius 1 is 0.889 bits per heavy atom. The molecule has 0 saturated heterocycles. The fourth-order valence-corrected chi connectivity index (χ4v) is 4.34. The second kappa shape index (κ2) is 9.35. The van der Waals surface area contributed by atoms with Gasteiger partial charge in [0.05, 0.1) is 10.8 Å². The Morgan fingerprint density at radius 2 is 1.48 bits per heavy atom. The Kier molecular flexibility index (Phi) is 6.63. The summed E-state index contributed by atoms with van der Waals surface area (Å²) in [7, 11) is -1.57. The van der Waals surface area contributed by atoms with E-state index in [4.69, 9.17) is 0 Å². The van der Waals surface area contributed by atoms with Crippen molar-refractivity contribution in [2.45, 2.75) is 16.7 Å². The molecule has 0 heterocycles. The van der Waals surface area contributed by atoms with Gasteiger partial charge in [-0.2, -0.15) is 0 Å². The molecule has 0 radical (unpaired) electrons. The molecule has 3 aromatic carbocycles. The maximum atomic E-state index is 13.0. The summed E-state index contributed by atoms with van der Waals surface area (Å²) in [6.45, 7) is 1.98. The van der Waals surface area contributed by atoms with E-state index >= 15 is 0 Å². The van der Waals surface area contributed by atoms with Crippen molar-refractivity contribution >= 4 is 34.2 Å². The van der Waals surface area contributed by atoms with Crippen molar-refractivity contribution in [1.82, 2.24) is 0 Å². The van der Waals surface area contributed by atoms with Gasteiger partial charge >= 0.3 is 0 Å². The molecule has 0 aliphatic rings. The Hall–Kier alpha value is -2.63. The van der Waals surface area contributed by atoms with Crippen molar-refractivity contribution in [3.05, 3.63) is 101 Å². The molecule has 27 heavy (non-hydrogen) atoms. The standard InChI is InChI=1S/C22H19NO2S2/c1-17-12-14-18(15-13-17)23-22(24)21(16-26-19-8-4-2-5-9-19)27(25)20-10-6-3-7-11-20/h2-16H,1H3,(H,23,24)/b21-16-. The third-order valence-corrected chi connectivity index (χ3v) is 6.19. The maximum Gasteiger partial charge on any atom is 0.265 e. The van der Waals surface area contributed by atoms with Gasteiger partial charge in [-0.25, -0.2) is 4.21 Å². The van der Waals surface area contributed by atoms with Crippen LogP contribution in [0.4, 0.5) is 5.69 Å². The van der Waals surface area contributed by atoms with E-state index in [1.54, 1.807) is 17.5 Å². The Bertz CT molecular complexity index is 953. The predicted molar refractivity (Wildman–Crippen MR) is 113 cm³/mol. The summed E-state index contributed by atoms with van der Waals surface area (Å²) in [5.41, 5.74) is 1.78. The van der Waals surface area contributed by atoms with E-state index in [-0.39, 0.29) is 10.8 Å². The Morgan fingerprint density at radius 3 is 2.11 bits per heavy atom. The molecule has 0 saturated carbocycles. The van der Waals surface area contributed by atoms with Crippen LogP contribution in [-0.2, 0) is 15.6 Å². The largest absolute Gasteiger partial charge is 0.321 e. The average molecular weight is 394 g/mol. The molecule has 1 unspecified atom stereocenters. The number of benzene rings is 3. The summed E-state index contributed by atoms with van der Waals surface area (Å²) in [5.74, 6) is -0.371. The first-order chi connectivity index (χ1) is 13.1. The quantitative estimate of drug-likeness (QED) is 0.452. The van der Waals surface area contributed by atoms with Gasteiger partial charge in [0.15, 0.2) is 0 Å². The van der Waals surface area contributed by atoms with E-state index in [2.05, 4.69) is 5.32 Å². The normalized spacial score (nSPS) is 12.4. The second-order valence-corrected chi connectivity index (χ2v) is 8.21. The lowest BCUT2D eigenvalue weighted by atomic mass is 10.2. The van der Waals surface area contributed by atoms with Crippen molar-refractivity contribution in [1.29, 1.82) is 0 Å². The van der Waals surface area contributed by atoms with Gasteiger partial charge in [0.2, 0.25) is 0 Å². The van der Waals surface area contributed by atoms with Crippen LogP contribution in [0.1, 0.15) is 5.56 Å². The van der Waals surface area contributed by atoms with Crippen LogP contribution in [0.5, 0.6) is 0 Å². The van der Waals surface area contributed by atoms with Crippen molar-refractivity contribution < 1.29 is 9.00 Å². The van der Waals surface area contributed by atoms with Gasteiger partial charge in [0, 0.05) is 15.5 Å². The number of anilines is 1. The zero-order valence-electron chi connectivity index (χ0n) is 14.8. The van der Waals surface area contributed by atoms with Crippen molar-refractivity contribution in [2.75, 3.05) is 5.32 Å². The minimum atomic E-state index is -1.57. The molecule has 3 rings (SSSR count). The Balaban J connectivity index is 1.87. The lowest BCUT2D eigenvalue weighted by Gasteiger charge is -2.10. The molecule has 0 fully saturated rings. The number of amides is 1. The Labute approximate surface area is 166 Å². The lowest BCUT2D eigenvalue weighted by Crippen LogP contribution is -2.17. The summed E-state index contributed by atoms with van der Waals surface area (Å²) >= 11 is 1.38. The van der Waals surface area contributed by atoms with Gasteiger partial charge in [-0.1, -0.05) is 65.9 Å². The molecule has 3 nitrogen and oxygen atoms in total. The first kappa shape index (κ1) is 19.1. The van der Waals surface area contributed by atoms with Crippen LogP contribution >= 0.6 is 11.8 Å². The molecule has 5 heteroatoms. The number of rotatable bonds is 6. The zero-order chi connectivity index (χ0) is 19.1. The molecule has 136 valence electrons. The highest BCUT2D eigenvalue weighted by atomic mass is 32.2. The molecule has 0 aliphatic carbocycles. The molecule has 0 bridgehead atoms. The van der Waals surface area contributed by atoms with Gasteiger partial charge in [-0.05, 0) is 48.7 Å². The molecular formula is C22H19NO2S2. The van der Waals surface area contributed by atoms with Gasteiger partial charge in [-0.15, -0.1) is 0 Å². The molecule has 0 aromatic heterocycles. The van der Waals surface area contributed by atoms with Crippen LogP contribution < -0.4 is 5.32 Å². The van der Waals surface area contributed by atoms with E-state index in [1.807, 2.05) is 79.7 Å². The zero-order valence-corrected chi connectivity index (χ0v) is 16.4. The fraction of sp³-hybridized carbons (Fsp3) is 0.0455. The molecular weight excluding hydrogens is 374 g/mol. The molecule has 0 spiro atoms. The van der Waals surface area contributed by atoms with E-state index in [0.29, 0.717) is 10.6 Å². The number of hydrogen-bond acceptors (Lipinski definition) is 3. The number of carbonyl (C=O) groups excluding carboxylic acids is 1. The third kappa shape index (κ3) is 5.42. The minimum absolute atomic E-state index is 0.218. The van der Waals surface area contributed by atoms with Crippen LogP contribution in [-0.4, -0.2) is 10.1 Å². The van der Waals surface area contributed by atoms with E-state index < -0.39 is 10.8 Å². The van der Waals surface area contributed by atoms with Crippen molar-refractivity contribution in [3.8, 4) is 0 Å². The molecule has 1 atom stereocenters. The summed E-state index contributed by atoms with van der Waals surface area (Å²) < 4.78 is 13.0. The first-order valence-electron chi connectivity index (χ1n) is 8.40. The highest BCUT2D eigenvalue weighted by molar-refractivity contribution is 8.03. The smallest absolute Gasteiger partial charge is 0.265 e. The van der Waals surface area contributed by atoms with Crippen molar-refractivity contribution in [2.24, 2.45) is 0 Å². The summed E-state index contributed by atoms with van der Waals surface area (Å²) in [6.07, 6.45) is 0. The van der Waals surface area contributed by atoms with Crippen LogP contribution in [0.15, 0.2) is 105 Å². The first-order valence-corrected chi connectivity index (χ1v) is 10.4. The number of aryl methyl sites for hydroxylation is 1. The molecule has 0 aliphatic heterocycles. The fourth-order valence-electron chi connectivity index (χ4n) is 2.30. The highest BCUT2D eigenvalue weighted by Gasteiger charge is 2.19. The van der Waals surface area contributed by atoms with Gasteiger partial charge in [-0.3, -0.25) is 4.79 Å². The minimum Gasteiger partial charge on any atom is -0.321 e. The van der Waals surface area contributed by atoms with Crippen LogP contribution in [0.25, 0.3) is 0 Å². The number of hydrogen-bond donors (Lipinski definition) is 1. The van der Waals surface area contributed by atoms with E-state index in [9.17, 15) is 9.00 Å². The van der Waals surface area contributed by atoms with Gasteiger partial charge in [0.25, 0.3) is 5.91 Å². The van der Waals surface area contributed by atoms with E-state index in [0.717, 1.165) is 10.5 Å². The average Bonchev–Trinajstić information content (AvgIpc) is 2.71. The SMILES string of the molecule is Cc1ccc(NC(=O)/C(=C/Sc2ccccc2)S(=O)c2ccccc2)cc1. The predicted octanol–water partition coefficient (Wildman–Crippen LogP) is 5.38. The molecule has 1 amide bonds. The van der Waals surface area contributed by atoms with Crippen LogP contribution in [0, 0.1) is 6.92 Å². The van der Waals surface area contributed by atoms with E-state index in [1.165, 1.54) is 11.8 Å². The lowest BCUT2D eigenvalue weighted by molar-refractivity contribution is -0.112. The third-order valence-electron chi connectivity index (χ3n) is 3.74. The van der Waals surface area contributed by atoms with Gasteiger partial charge in [0.1, 0.15) is 4.91 Å². The molecule has 1 N–H and O–H groups in total. The number of nitrogens with one attached hydrogen (secondary N) is 1. The molecule has 3 aromatic rings. The number of thioether (sulfide) groups is 1. The highest BCUT2D eigenvalue weighted by Crippen LogP contribution is 2.25. The summed E-state index contributed by atoms with van der Waals surface area (Å²) in [4.78, 5) is 14.6. The van der Waals surface area contributed by atoms with Gasteiger partial charge < -0.3 is 5.32 Å². The summed E-state index contributed by atoms with van der Waals surface area (Å²) in [6, 6.07) is 26.2. The monoisotopic (exact) mass is 393 g/mol. The van der Waals surface area contributed by atoms with Crippen LogP contribution in [0.2, 0.25) is 0 Å². The maximum absolute atomic E-state index is 13.0. The van der Waals surface area contributed by atoms with Crippen LogP contribution in [0.3, 0.4) is 0 Å². The summed E-state index contributed by atoms with van der Waals surface area (Å²) in [5, 5.41) is 4.51. The van der Waals surface area contributed by atoms with Crippen molar-refractivity contribution in [3.63, 3.8) is 0 Å². The number of carbonyl (C=O) groups is 1. The topological polar surface area (TPSA) is 46.2 Å². The second-order valence-electron chi connectivity index (χ2n) is 5.81.